The second-order valence-corrected chi connectivity index (χ2v) is 10.6. The van der Waals surface area contributed by atoms with Gasteiger partial charge < -0.3 is 0 Å². The highest BCUT2D eigenvalue weighted by molar-refractivity contribution is 9.10. The van der Waals surface area contributed by atoms with E-state index in [0.29, 0.717) is 0 Å². The normalized spacial score (nSPS) is 17.7. The molecule has 6 heteroatoms. The van der Waals surface area contributed by atoms with Gasteiger partial charge in [0, 0.05) is 14.9 Å². The van der Waals surface area contributed by atoms with Crippen molar-refractivity contribution in [3.05, 3.63) is 117 Å². The standard InChI is InChI=1S/C25H17BrN2OS2/c26-17-10-7-16(8-11-17)23-20-12-9-15-4-1-2-6-19(15)22(20)27-25-28(23)24(29)21(31-25)14-18-5-3-13-30-18/h1-8,10-11,13-14,23H,9,12H2/b21-14+. The van der Waals surface area contributed by atoms with Crippen molar-refractivity contribution in [3.63, 3.8) is 0 Å². The third-order valence-electron chi connectivity index (χ3n) is 5.88. The highest BCUT2D eigenvalue weighted by Crippen LogP contribution is 2.41. The molecule has 0 spiro atoms. The van der Waals surface area contributed by atoms with Crippen molar-refractivity contribution in [2.24, 2.45) is 4.99 Å². The van der Waals surface area contributed by atoms with Gasteiger partial charge >= 0.3 is 0 Å². The number of hydrogen-bond acceptors (Lipinski definition) is 4. The van der Waals surface area contributed by atoms with E-state index in [1.54, 1.807) is 11.3 Å². The van der Waals surface area contributed by atoms with Crippen LogP contribution in [-0.4, -0.2) is 4.57 Å². The van der Waals surface area contributed by atoms with Gasteiger partial charge in [-0.2, -0.15) is 0 Å². The smallest absolute Gasteiger partial charge is 0.271 e. The summed E-state index contributed by atoms with van der Waals surface area (Å²) >= 11 is 6.66. The van der Waals surface area contributed by atoms with Crippen LogP contribution in [0.25, 0.3) is 11.8 Å². The predicted octanol–water partition coefficient (Wildman–Crippen LogP) is 5.14. The summed E-state index contributed by atoms with van der Waals surface area (Å²) < 4.78 is 3.67. The fraction of sp³-hybridized carbons (Fsp3) is 0.120. The maximum atomic E-state index is 13.6. The number of aromatic nitrogens is 1. The molecule has 0 saturated heterocycles. The molecule has 1 atom stereocenters. The number of halogens is 1. The van der Waals surface area contributed by atoms with Gasteiger partial charge in [0.2, 0.25) is 0 Å². The Morgan fingerprint density at radius 3 is 2.68 bits per heavy atom. The summed E-state index contributed by atoms with van der Waals surface area (Å²) in [5.74, 6) is 0. The van der Waals surface area contributed by atoms with Crippen molar-refractivity contribution in [1.29, 1.82) is 0 Å². The predicted molar refractivity (Wildman–Crippen MR) is 131 cm³/mol. The van der Waals surface area contributed by atoms with Gasteiger partial charge in [0.1, 0.15) is 0 Å². The van der Waals surface area contributed by atoms with E-state index in [1.165, 1.54) is 28.0 Å². The van der Waals surface area contributed by atoms with Crippen LogP contribution < -0.4 is 14.9 Å². The maximum Gasteiger partial charge on any atom is 0.271 e. The molecule has 1 aliphatic carbocycles. The topological polar surface area (TPSA) is 34.4 Å². The average molecular weight is 505 g/mol. The molecule has 0 radical (unpaired) electrons. The first-order chi connectivity index (χ1) is 15.2. The molecule has 2 aromatic heterocycles. The number of fused-ring (bicyclic) bond motifs is 3. The van der Waals surface area contributed by atoms with E-state index in [9.17, 15) is 4.79 Å². The number of allylic oxidation sites excluding steroid dienone is 1. The quantitative estimate of drug-likeness (QED) is 0.372. The molecule has 3 nitrogen and oxygen atoms in total. The van der Waals surface area contributed by atoms with Gasteiger partial charge in [0.05, 0.1) is 16.3 Å². The Labute approximate surface area is 195 Å². The van der Waals surface area contributed by atoms with Crippen molar-refractivity contribution in [2.75, 3.05) is 0 Å². The molecule has 0 bridgehead atoms. The third kappa shape index (κ3) is 3.21. The zero-order valence-electron chi connectivity index (χ0n) is 16.4. The molecule has 0 amide bonds. The molecule has 152 valence electrons. The van der Waals surface area contributed by atoms with E-state index in [-0.39, 0.29) is 11.6 Å². The number of aryl methyl sites for hydroxylation is 1. The van der Waals surface area contributed by atoms with Crippen LogP contribution in [0.4, 0.5) is 0 Å². The Hall–Kier alpha value is -2.54. The summed E-state index contributed by atoms with van der Waals surface area (Å²) in [5, 5.41) is 2.03. The monoisotopic (exact) mass is 504 g/mol. The SMILES string of the molecule is O=c1/c(=C\c2cccs2)sc2n1C(c1ccc(Br)cc1)C1=C(N=2)c2ccccc2CC1. The van der Waals surface area contributed by atoms with Crippen molar-refractivity contribution >= 4 is 50.4 Å². The van der Waals surface area contributed by atoms with Gasteiger partial charge in [-0.3, -0.25) is 9.36 Å². The van der Waals surface area contributed by atoms with E-state index in [1.807, 2.05) is 40.3 Å². The minimum absolute atomic E-state index is 0.0375. The van der Waals surface area contributed by atoms with Crippen LogP contribution in [0.5, 0.6) is 0 Å². The van der Waals surface area contributed by atoms with E-state index in [4.69, 9.17) is 4.99 Å². The first kappa shape index (κ1) is 19.2. The summed E-state index contributed by atoms with van der Waals surface area (Å²) in [4.78, 5) is 20.5. The Morgan fingerprint density at radius 1 is 1.03 bits per heavy atom. The van der Waals surface area contributed by atoms with Crippen molar-refractivity contribution in [1.82, 2.24) is 4.57 Å². The van der Waals surface area contributed by atoms with Gasteiger partial charge in [-0.1, -0.05) is 69.7 Å². The molecule has 0 saturated carbocycles. The van der Waals surface area contributed by atoms with Gasteiger partial charge in [0.15, 0.2) is 4.80 Å². The molecule has 0 N–H and O–H groups in total. The molecule has 6 rings (SSSR count). The molecule has 2 aromatic carbocycles. The lowest BCUT2D eigenvalue weighted by molar-refractivity contribution is 0.585. The highest BCUT2D eigenvalue weighted by atomic mass is 79.9. The van der Waals surface area contributed by atoms with Crippen LogP contribution in [0.1, 0.15) is 34.0 Å². The van der Waals surface area contributed by atoms with E-state index >= 15 is 0 Å². The van der Waals surface area contributed by atoms with Gasteiger partial charge in [0.25, 0.3) is 5.56 Å². The zero-order chi connectivity index (χ0) is 20.9. The average Bonchev–Trinajstić information content (AvgIpc) is 3.41. The van der Waals surface area contributed by atoms with Crippen LogP contribution >= 0.6 is 38.6 Å². The molecule has 0 fully saturated rings. The second-order valence-electron chi connectivity index (χ2n) is 7.68. The number of thiophene rings is 1. The molecule has 4 aromatic rings. The zero-order valence-corrected chi connectivity index (χ0v) is 19.6. The highest BCUT2D eigenvalue weighted by Gasteiger charge is 2.32. The minimum Gasteiger partial charge on any atom is -0.272 e. The minimum atomic E-state index is -0.127. The van der Waals surface area contributed by atoms with E-state index < -0.39 is 0 Å². The van der Waals surface area contributed by atoms with E-state index in [0.717, 1.165) is 42.8 Å². The number of hydrogen-bond donors (Lipinski definition) is 0. The van der Waals surface area contributed by atoms with Crippen molar-refractivity contribution < 1.29 is 0 Å². The molecule has 31 heavy (non-hydrogen) atoms. The Bertz CT molecular complexity index is 1510. The molecule has 1 unspecified atom stereocenters. The molecular weight excluding hydrogens is 488 g/mol. The second kappa shape index (κ2) is 7.55. The summed E-state index contributed by atoms with van der Waals surface area (Å²) in [6.45, 7) is 0. The van der Waals surface area contributed by atoms with Crippen molar-refractivity contribution in [2.45, 2.75) is 18.9 Å². The summed E-state index contributed by atoms with van der Waals surface area (Å²) in [6, 6.07) is 20.8. The fourth-order valence-electron chi connectivity index (χ4n) is 4.47. The number of thiazole rings is 1. The van der Waals surface area contributed by atoms with Crippen LogP contribution in [0.2, 0.25) is 0 Å². The van der Waals surface area contributed by atoms with Crippen LogP contribution in [0, 0.1) is 0 Å². The van der Waals surface area contributed by atoms with Crippen molar-refractivity contribution in [3.8, 4) is 0 Å². The number of rotatable bonds is 2. The Morgan fingerprint density at radius 2 is 1.87 bits per heavy atom. The number of nitrogens with zero attached hydrogens (tertiary/aromatic N) is 2. The van der Waals surface area contributed by atoms with Crippen LogP contribution in [0.3, 0.4) is 0 Å². The first-order valence-electron chi connectivity index (χ1n) is 10.1. The van der Waals surface area contributed by atoms with E-state index in [2.05, 4.69) is 52.3 Å². The fourth-order valence-corrected chi connectivity index (χ4v) is 6.46. The van der Waals surface area contributed by atoms with Gasteiger partial charge in [-0.05, 0) is 59.2 Å². The third-order valence-corrected chi connectivity index (χ3v) is 8.21. The van der Waals surface area contributed by atoms with Crippen LogP contribution in [-0.2, 0) is 6.42 Å². The molecule has 1 aliphatic heterocycles. The van der Waals surface area contributed by atoms with Crippen LogP contribution in [0.15, 0.2) is 85.9 Å². The lowest BCUT2D eigenvalue weighted by atomic mass is 9.83. The summed E-state index contributed by atoms with van der Waals surface area (Å²) in [5.41, 5.74) is 5.96. The molecule has 3 heterocycles. The first-order valence-corrected chi connectivity index (χ1v) is 12.6. The molecule has 2 aliphatic rings. The summed E-state index contributed by atoms with van der Waals surface area (Å²) in [7, 11) is 0. The largest absolute Gasteiger partial charge is 0.272 e. The maximum absolute atomic E-state index is 13.6. The Kier molecular flexibility index (Phi) is 4.67. The number of benzene rings is 2. The lowest BCUT2D eigenvalue weighted by Crippen LogP contribution is -2.38. The summed E-state index contributed by atoms with van der Waals surface area (Å²) in [6.07, 6.45) is 3.87. The van der Waals surface area contributed by atoms with Gasteiger partial charge in [-0.15, -0.1) is 11.3 Å². The van der Waals surface area contributed by atoms with Gasteiger partial charge in [-0.25, -0.2) is 4.99 Å². The Balaban J connectivity index is 1.65. The lowest BCUT2D eigenvalue weighted by Gasteiger charge is -2.30. The molecular formula is C25H17BrN2OS2.